The van der Waals surface area contributed by atoms with Gasteiger partial charge in [0.2, 0.25) is 5.96 Å². The molecule has 0 fully saturated rings. The second-order valence-corrected chi connectivity index (χ2v) is 7.47. The Morgan fingerprint density at radius 3 is 2.86 bits per heavy atom. The molecule has 0 saturated carbocycles. The van der Waals surface area contributed by atoms with Gasteiger partial charge in [-0.1, -0.05) is 12.1 Å². The SMILES string of the molecule is CC1CC=NC(N2CCc3[nH]c4nnc(-c5ccccc5O)cc4c3[C@@H]2C)=N1. The first-order valence-corrected chi connectivity index (χ1v) is 9.65. The Labute approximate surface area is 162 Å². The molecule has 7 nitrogen and oxygen atoms in total. The average molecular weight is 374 g/mol. The lowest BCUT2D eigenvalue weighted by atomic mass is 9.97. The minimum Gasteiger partial charge on any atom is -0.507 e. The molecule has 2 aromatic heterocycles. The highest BCUT2D eigenvalue weighted by Crippen LogP contribution is 2.37. The summed E-state index contributed by atoms with van der Waals surface area (Å²) in [6.45, 7) is 5.16. The highest BCUT2D eigenvalue weighted by Gasteiger charge is 2.31. The van der Waals surface area contributed by atoms with Crippen molar-refractivity contribution in [1.82, 2.24) is 20.1 Å². The number of aromatic hydroxyl groups is 1. The molecule has 3 aromatic rings. The normalized spacial score (nSPS) is 21.6. The van der Waals surface area contributed by atoms with Gasteiger partial charge in [0.25, 0.3) is 0 Å². The number of nitrogens with one attached hydrogen (secondary N) is 1. The first-order chi connectivity index (χ1) is 13.6. The Bertz CT molecular complexity index is 1120. The van der Waals surface area contributed by atoms with Crippen LogP contribution in [0.1, 0.15) is 37.6 Å². The molecule has 0 saturated heterocycles. The predicted molar refractivity (Wildman–Crippen MR) is 110 cm³/mol. The van der Waals surface area contributed by atoms with E-state index in [1.54, 1.807) is 12.1 Å². The van der Waals surface area contributed by atoms with E-state index in [1.807, 2.05) is 24.4 Å². The molecule has 142 valence electrons. The Morgan fingerprint density at radius 1 is 1.18 bits per heavy atom. The number of benzene rings is 1. The summed E-state index contributed by atoms with van der Waals surface area (Å²) in [7, 11) is 0. The number of aromatic amines is 1. The first kappa shape index (κ1) is 16.9. The fourth-order valence-corrected chi connectivity index (χ4v) is 4.13. The number of H-pyrrole nitrogens is 1. The first-order valence-electron chi connectivity index (χ1n) is 9.65. The van der Waals surface area contributed by atoms with Gasteiger partial charge in [0.05, 0.1) is 17.8 Å². The van der Waals surface area contributed by atoms with Gasteiger partial charge in [-0.25, -0.2) is 9.98 Å². The molecule has 2 aliphatic rings. The van der Waals surface area contributed by atoms with Crippen LogP contribution in [0.3, 0.4) is 0 Å². The van der Waals surface area contributed by atoms with Crippen LogP contribution >= 0.6 is 0 Å². The smallest absolute Gasteiger partial charge is 0.221 e. The van der Waals surface area contributed by atoms with Crippen molar-refractivity contribution in [1.29, 1.82) is 0 Å². The minimum absolute atomic E-state index is 0.125. The number of para-hydroxylation sites is 1. The van der Waals surface area contributed by atoms with Crippen molar-refractivity contribution >= 4 is 23.2 Å². The largest absolute Gasteiger partial charge is 0.507 e. The van der Waals surface area contributed by atoms with E-state index in [2.05, 4.69) is 38.9 Å². The van der Waals surface area contributed by atoms with Crippen LogP contribution in [-0.2, 0) is 6.42 Å². The number of aliphatic imine (C=N–C) groups is 2. The molecule has 2 N–H and O–H groups in total. The van der Waals surface area contributed by atoms with Gasteiger partial charge < -0.3 is 15.0 Å². The zero-order chi connectivity index (χ0) is 19.3. The van der Waals surface area contributed by atoms with E-state index in [-0.39, 0.29) is 17.8 Å². The molecule has 28 heavy (non-hydrogen) atoms. The van der Waals surface area contributed by atoms with Gasteiger partial charge in [0, 0.05) is 47.8 Å². The van der Waals surface area contributed by atoms with Crippen molar-refractivity contribution < 1.29 is 5.11 Å². The van der Waals surface area contributed by atoms with Gasteiger partial charge in [-0.3, -0.25) is 0 Å². The maximum Gasteiger partial charge on any atom is 0.221 e. The highest BCUT2D eigenvalue weighted by atomic mass is 16.3. The number of phenols is 1. The van der Waals surface area contributed by atoms with E-state index in [0.717, 1.165) is 36.4 Å². The number of phenolic OH excluding ortho intramolecular Hbond substituents is 1. The summed E-state index contributed by atoms with van der Waals surface area (Å²) < 4.78 is 0. The molecule has 1 aromatic carbocycles. The third-order valence-electron chi connectivity index (χ3n) is 5.59. The lowest BCUT2D eigenvalue weighted by molar-refractivity contribution is 0.313. The average Bonchev–Trinajstić information content (AvgIpc) is 3.07. The van der Waals surface area contributed by atoms with E-state index in [0.29, 0.717) is 11.3 Å². The standard InChI is InChI=1S/C21H22N6O/c1-12-7-9-22-21(23-12)27-10-8-16-19(13(27)2)15-11-17(25-26-20(15)24-16)14-5-3-4-6-18(14)28/h3-6,9,11-13,28H,7-8,10H2,1-2H3,(H,24,26)/t12?,13-/m0/s1. The second-order valence-electron chi connectivity index (χ2n) is 7.47. The van der Waals surface area contributed by atoms with Gasteiger partial charge in [-0.2, -0.15) is 0 Å². The van der Waals surface area contributed by atoms with E-state index in [1.165, 1.54) is 11.3 Å². The van der Waals surface area contributed by atoms with Gasteiger partial charge in [0.1, 0.15) is 5.75 Å². The topological polar surface area (TPSA) is 89.8 Å². The molecule has 7 heteroatoms. The summed E-state index contributed by atoms with van der Waals surface area (Å²) in [6.07, 6.45) is 3.74. The van der Waals surface area contributed by atoms with Crippen LogP contribution in [0.25, 0.3) is 22.3 Å². The van der Waals surface area contributed by atoms with Crippen LogP contribution in [-0.4, -0.2) is 49.9 Å². The Balaban J connectivity index is 1.60. The molecule has 0 amide bonds. The van der Waals surface area contributed by atoms with Crippen molar-refractivity contribution in [2.24, 2.45) is 9.98 Å². The summed E-state index contributed by atoms with van der Waals surface area (Å²) in [6, 6.07) is 9.61. The number of guanidine groups is 1. The van der Waals surface area contributed by atoms with Crippen LogP contribution in [0, 0.1) is 0 Å². The highest BCUT2D eigenvalue weighted by molar-refractivity contribution is 5.92. The fraction of sp³-hybridized carbons (Fsp3) is 0.333. The van der Waals surface area contributed by atoms with Crippen molar-refractivity contribution in [2.45, 2.75) is 38.8 Å². The zero-order valence-corrected chi connectivity index (χ0v) is 15.9. The lowest BCUT2D eigenvalue weighted by Crippen LogP contribution is -2.39. The Morgan fingerprint density at radius 2 is 2.04 bits per heavy atom. The second kappa shape index (κ2) is 6.44. The monoisotopic (exact) mass is 374 g/mol. The summed E-state index contributed by atoms with van der Waals surface area (Å²) >= 11 is 0. The van der Waals surface area contributed by atoms with Gasteiger partial charge in [-0.05, 0) is 32.0 Å². The molecule has 2 aliphatic heterocycles. The third-order valence-corrected chi connectivity index (χ3v) is 5.59. The molecule has 1 unspecified atom stereocenters. The maximum atomic E-state index is 10.2. The van der Waals surface area contributed by atoms with Crippen LogP contribution in [0.15, 0.2) is 40.3 Å². The minimum atomic E-state index is 0.125. The lowest BCUT2D eigenvalue weighted by Gasteiger charge is -2.35. The molecule has 4 heterocycles. The molecule has 2 atom stereocenters. The number of rotatable bonds is 1. The number of hydrogen-bond donors (Lipinski definition) is 2. The number of fused-ring (bicyclic) bond motifs is 3. The van der Waals surface area contributed by atoms with Crippen LogP contribution in [0.2, 0.25) is 0 Å². The number of nitrogens with zero attached hydrogens (tertiary/aromatic N) is 5. The molecule has 0 radical (unpaired) electrons. The van der Waals surface area contributed by atoms with Crippen LogP contribution in [0.5, 0.6) is 5.75 Å². The predicted octanol–water partition coefficient (Wildman–Crippen LogP) is 3.47. The summed E-state index contributed by atoms with van der Waals surface area (Å²) in [5.74, 6) is 1.02. The summed E-state index contributed by atoms with van der Waals surface area (Å²) in [5.41, 5.74) is 4.53. The van der Waals surface area contributed by atoms with Crippen LogP contribution in [0.4, 0.5) is 0 Å². The Kier molecular flexibility index (Phi) is 3.89. The van der Waals surface area contributed by atoms with Crippen molar-refractivity contribution in [2.75, 3.05) is 6.54 Å². The quantitative estimate of drug-likeness (QED) is 0.682. The number of hydrogen-bond acceptors (Lipinski definition) is 6. The van der Waals surface area contributed by atoms with E-state index < -0.39 is 0 Å². The van der Waals surface area contributed by atoms with Crippen molar-refractivity contribution in [3.05, 3.63) is 41.6 Å². The van der Waals surface area contributed by atoms with Gasteiger partial charge in [0.15, 0.2) is 5.65 Å². The molecule has 0 aliphatic carbocycles. The van der Waals surface area contributed by atoms with Gasteiger partial charge >= 0.3 is 0 Å². The van der Waals surface area contributed by atoms with E-state index in [4.69, 9.17) is 4.99 Å². The summed E-state index contributed by atoms with van der Waals surface area (Å²) in [5, 5.41) is 20.0. The summed E-state index contributed by atoms with van der Waals surface area (Å²) in [4.78, 5) is 15.0. The molecule has 0 bridgehead atoms. The molecular formula is C21H22N6O. The van der Waals surface area contributed by atoms with Crippen molar-refractivity contribution in [3.8, 4) is 17.0 Å². The van der Waals surface area contributed by atoms with E-state index in [9.17, 15) is 5.11 Å². The molecule has 0 spiro atoms. The zero-order valence-electron chi connectivity index (χ0n) is 15.9. The molecular weight excluding hydrogens is 352 g/mol. The van der Waals surface area contributed by atoms with Crippen LogP contribution < -0.4 is 0 Å². The number of aromatic nitrogens is 3. The Hall–Kier alpha value is -3.22. The third kappa shape index (κ3) is 2.66. The van der Waals surface area contributed by atoms with Crippen molar-refractivity contribution in [3.63, 3.8) is 0 Å². The molecule has 5 rings (SSSR count). The van der Waals surface area contributed by atoms with Gasteiger partial charge in [-0.15, -0.1) is 10.2 Å². The van der Waals surface area contributed by atoms with E-state index >= 15 is 0 Å². The fourth-order valence-electron chi connectivity index (χ4n) is 4.13. The maximum absolute atomic E-state index is 10.2.